The zero-order chi connectivity index (χ0) is 22.3. The van der Waals surface area contributed by atoms with Crippen LogP contribution in [0.5, 0.6) is 11.5 Å². The molecule has 0 aliphatic carbocycles. The molecular formula is C27H44O3. The van der Waals surface area contributed by atoms with E-state index in [9.17, 15) is 5.11 Å². The highest BCUT2D eigenvalue weighted by Gasteiger charge is 2.35. The molecular weight excluding hydrogens is 372 g/mol. The maximum atomic E-state index is 11.1. The molecule has 0 fully saturated rings. The van der Waals surface area contributed by atoms with Crippen molar-refractivity contribution in [2.75, 3.05) is 6.61 Å². The number of hydrogen-bond donors (Lipinski definition) is 1. The van der Waals surface area contributed by atoms with E-state index in [2.05, 4.69) is 47.6 Å². The van der Waals surface area contributed by atoms with Crippen molar-refractivity contribution in [3.8, 4) is 11.5 Å². The van der Waals surface area contributed by atoms with Crippen LogP contribution in [0, 0.1) is 0 Å². The Morgan fingerprint density at radius 1 is 1.10 bits per heavy atom. The van der Waals surface area contributed by atoms with Crippen LogP contribution >= 0.6 is 0 Å². The Bertz CT molecular complexity index is 713. The Morgan fingerprint density at radius 3 is 2.40 bits per heavy atom. The molecule has 1 N–H and O–H groups in total. The maximum absolute atomic E-state index is 11.1. The third-order valence-corrected chi connectivity index (χ3v) is 6.64. The number of benzene rings is 1. The summed E-state index contributed by atoms with van der Waals surface area (Å²) >= 11 is 0. The van der Waals surface area contributed by atoms with Crippen molar-refractivity contribution in [3.63, 3.8) is 0 Å². The molecule has 2 unspecified atom stereocenters. The van der Waals surface area contributed by atoms with Crippen molar-refractivity contribution in [3.05, 3.63) is 34.4 Å². The van der Waals surface area contributed by atoms with Crippen LogP contribution in [-0.2, 0) is 10.2 Å². The highest BCUT2D eigenvalue weighted by atomic mass is 16.7. The number of phenols is 1. The number of unbranched alkanes of at least 4 members (excludes halogenated alkanes) is 4. The summed E-state index contributed by atoms with van der Waals surface area (Å²) in [6.07, 6.45) is 8.96. The smallest absolute Gasteiger partial charge is 0.200 e. The monoisotopic (exact) mass is 416 g/mol. The van der Waals surface area contributed by atoms with Crippen LogP contribution in [0.1, 0.15) is 117 Å². The Labute approximate surface area is 184 Å². The van der Waals surface area contributed by atoms with Crippen LogP contribution in [0.2, 0.25) is 0 Å². The summed E-state index contributed by atoms with van der Waals surface area (Å²) in [5.41, 5.74) is 4.79. The zero-order valence-electron chi connectivity index (χ0n) is 20.4. The Balaban J connectivity index is 2.36. The lowest BCUT2D eigenvalue weighted by molar-refractivity contribution is -0.0900. The second-order valence-electron chi connectivity index (χ2n) is 9.63. The fourth-order valence-electron chi connectivity index (χ4n) is 4.82. The average Bonchev–Trinajstić information content (AvgIpc) is 2.67. The lowest BCUT2D eigenvalue weighted by Gasteiger charge is -2.36. The van der Waals surface area contributed by atoms with Gasteiger partial charge in [0.25, 0.3) is 0 Å². The van der Waals surface area contributed by atoms with E-state index in [1.807, 2.05) is 13.0 Å². The minimum absolute atomic E-state index is 0.000235. The van der Waals surface area contributed by atoms with Crippen LogP contribution in [0.15, 0.2) is 23.3 Å². The normalized spacial score (nSPS) is 18.6. The first-order valence-electron chi connectivity index (χ1n) is 12.1. The van der Waals surface area contributed by atoms with Gasteiger partial charge in [-0.1, -0.05) is 70.9 Å². The van der Waals surface area contributed by atoms with E-state index in [0.717, 1.165) is 36.1 Å². The lowest BCUT2D eigenvalue weighted by Crippen LogP contribution is -2.30. The predicted octanol–water partition coefficient (Wildman–Crippen LogP) is 8.01. The fourth-order valence-corrected chi connectivity index (χ4v) is 4.82. The van der Waals surface area contributed by atoms with Gasteiger partial charge in [0.05, 0.1) is 0 Å². The molecule has 3 heteroatoms. The summed E-state index contributed by atoms with van der Waals surface area (Å²) in [4.78, 5) is 0. The van der Waals surface area contributed by atoms with E-state index >= 15 is 0 Å². The van der Waals surface area contributed by atoms with E-state index in [4.69, 9.17) is 9.47 Å². The molecule has 0 saturated heterocycles. The van der Waals surface area contributed by atoms with Crippen molar-refractivity contribution in [2.45, 2.75) is 117 Å². The van der Waals surface area contributed by atoms with Gasteiger partial charge in [0.15, 0.2) is 0 Å². The largest absolute Gasteiger partial charge is 0.507 e. The molecule has 1 heterocycles. The number of aromatic hydroxyl groups is 1. The van der Waals surface area contributed by atoms with Crippen molar-refractivity contribution in [2.24, 2.45) is 0 Å². The first-order chi connectivity index (χ1) is 14.2. The molecule has 30 heavy (non-hydrogen) atoms. The third-order valence-electron chi connectivity index (χ3n) is 6.64. The molecule has 1 aliphatic heterocycles. The van der Waals surface area contributed by atoms with Gasteiger partial charge in [-0.2, -0.15) is 0 Å². The number of phenolic OH excluding ortho intramolecular Hbond substituents is 1. The summed E-state index contributed by atoms with van der Waals surface area (Å²) in [6.45, 7) is 16.0. The Hall–Kier alpha value is -1.48. The van der Waals surface area contributed by atoms with Gasteiger partial charge in [0.1, 0.15) is 11.5 Å². The van der Waals surface area contributed by atoms with Gasteiger partial charge in [-0.15, -0.1) is 0 Å². The number of allylic oxidation sites excluding steroid dienone is 2. The third kappa shape index (κ3) is 6.03. The molecule has 0 aromatic heterocycles. The van der Waals surface area contributed by atoms with Crippen molar-refractivity contribution >= 4 is 0 Å². The minimum Gasteiger partial charge on any atom is -0.507 e. The van der Waals surface area contributed by atoms with E-state index in [-0.39, 0.29) is 17.6 Å². The molecule has 1 aromatic rings. The zero-order valence-corrected chi connectivity index (χ0v) is 20.4. The quantitative estimate of drug-likeness (QED) is 0.293. The molecule has 170 valence electrons. The first kappa shape index (κ1) is 24.8. The molecule has 0 amide bonds. The molecule has 2 atom stereocenters. The average molecular weight is 417 g/mol. The van der Waals surface area contributed by atoms with Gasteiger partial charge < -0.3 is 14.6 Å². The summed E-state index contributed by atoms with van der Waals surface area (Å²) in [7, 11) is 0. The van der Waals surface area contributed by atoms with Gasteiger partial charge >= 0.3 is 0 Å². The van der Waals surface area contributed by atoms with Gasteiger partial charge in [0.2, 0.25) is 6.29 Å². The molecule has 1 aromatic carbocycles. The molecule has 0 radical (unpaired) electrons. The van der Waals surface area contributed by atoms with E-state index in [0.29, 0.717) is 12.4 Å². The summed E-state index contributed by atoms with van der Waals surface area (Å²) in [6, 6.07) is 4.15. The highest BCUT2D eigenvalue weighted by Crippen LogP contribution is 2.49. The fraction of sp³-hybridized carbons (Fsp3) is 0.704. The van der Waals surface area contributed by atoms with E-state index < -0.39 is 0 Å². The molecule has 0 bridgehead atoms. The minimum atomic E-state index is -0.264. The standard InChI is InChI=1S/C27H44O3/c1-8-11-12-13-14-15-27(6,7)20-16-23(28)26-22(21(9-2)19(4)5)18-25(29-10-3)30-24(26)17-20/h16-17,22,25,28H,8-15,18H2,1-7H3. The highest BCUT2D eigenvalue weighted by molar-refractivity contribution is 5.54. The topological polar surface area (TPSA) is 38.7 Å². The van der Waals surface area contributed by atoms with Gasteiger partial charge in [0, 0.05) is 24.5 Å². The van der Waals surface area contributed by atoms with Crippen LogP contribution in [0.25, 0.3) is 0 Å². The predicted molar refractivity (Wildman–Crippen MR) is 127 cm³/mol. The number of rotatable bonds is 11. The van der Waals surface area contributed by atoms with Gasteiger partial charge in [-0.25, -0.2) is 0 Å². The second kappa shape index (κ2) is 11.2. The van der Waals surface area contributed by atoms with Crippen LogP contribution < -0.4 is 4.74 Å². The molecule has 1 aliphatic rings. The summed E-state index contributed by atoms with van der Waals surface area (Å²) in [5, 5.41) is 11.1. The van der Waals surface area contributed by atoms with Gasteiger partial charge in [-0.05, 0) is 56.7 Å². The van der Waals surface area contributed by atoms with Crippen molar-refractivity contribution in [1.82, 2.24) is 0 Å². The van der Waals surface area contributed by atoms with Crippen LogP contribution in [-0.4, -0.2) is 18.0 Å². The van der Waals surface area contributed by atoms with Crippen LogP contribution in [0.3, 0.4) is 0 Å². The Kier molecular flexibility index (Phi) is 9.28. The molecule has 0 saturated carbocycles. The molecule has 0 spiro atoms. The first-order valence-corrected chi connectivity index (χ1v) is 12.1. The van der Waals surface area contributed by atoms with E-state index in [1.54, 1.807) is 0 Å². The summed E-state index contributed by atoms with van der Waals surface area (Å²) in [5.74, 6) is 1.31. The lowest BCUT2D eigenvalue weighted by atomic mass is 9.76. The molecule has 2 rings (SSSR count). The van der Waals surface area contributed by atoms with Gasteiger partial charge in [-0.3, -0.25) is 0 Å². The Morgan fingerprint density at radius 2 is 1.80 bits per heavy atom. The van der Waals surface area contributed by atoms with Crippen LogP contribution in [0.4, 0.5) is 0 Å². The van der Waals surface area contributed by atoms with Crippen molar-refractivity contribution < 1.29 is 14.6 Å². The van der Waals surface area contributed by atoms with E-state index in [1.165, 1.54) is 43.3 Å². The molecule has 3 nitrogen and oxygen atoms in total. The number of hydrogen-bond acceptors (Lipinski definition) is 3. The number of fused-ring (bicyclic) bond motifs is 1. The number of ether oxygens (including phenoxy) is 2. The second-order valence-corrected chi connectivity index (χ2v) is 9.63. The summed E-state index contributed by atoms with van der Waals surface area (Å²) < 4.78 is 12.1. The SMILES string of the molecule is CCCCCCCC(C)(C)c1cc(O)c2c(c1)OC(OCC)CC2C(CC)=C(C)C. The van der Waals surface area contributed by atoms with Crippen molar-refractivity contribution in [1.29, 1.82) is 0 Å². The maximum Gasteiger partial charge on any atom is 0.200 e.